The third-order valence-electron chi connectivity index (χ3n) is 2.17. The van der Waals surface area contributed by atoms with Gasteiger partial charge in [0.25, 0.3) is 0 Å². The van der Waals surface area contributed by atoms with Gasteiger partial charge in [-0.3, -0.25) is 9.78 Å². The number of hydrogen-bond acceptors (Lipinski definition) is 3. The second-order valence-electron chi connectivity index (χ2n) is 3.79. The summed E-state index contributed by atoms with van der Waals surface area (Å²) in [5.41, 5.74) is 0.793. The topological polar surface area (TPSA) is 54.0 Å². The number of carbonyl (C=O) groups excluding carboxylic acids is 1. The van der Waals surface area contributed by atoms with Gasteiger partial charge in [0, 0.05) is 12.4 Å². The summed E-state index contributed by atoms with van der Waals surface area (Å²) >= 11 is 0. The number of hydrogen-bond donors (Lipinski definition) is 2. The molecule has 0 aliphatic heterocycles. The largest absolute Gasteiger partial charge is 0.401 e. The van der Waals surface area contributed by atoms with Crippen molar-refractivity contribution < 1.29 is 18.0 Å². The molecule has 0 aliphatic rings. The smallest absolute Gasteiger partial charge is 0.348 e. The molecular weight excluding hydrogens is 247 g/mol. The van der Waals surface area contributed by atoms with E-state index >= 15 is 0 Å². The number of aromatic nitrogens is 1. The first kappa shape index (κ1) is 14.4. The van der Waals surface area contributed by atoms with E-state index < -0.39 is 18.6 Å². The number of rotatable bonds is 5. The minimum absolute atomic E-state index is 0.293. The van der Waals surface area contributed by atoms with Gasteiger partial charge in [0.05, 0.1) is 19.1 Å². The molecular formula is C11H14F3N3O. The molecule has 0 spiro atoms. The fourth-order valence-corrected chi connectivity index (χ4v) is 1.33. The monoisotopic (exact) mass is 261 g/mol. The van der Waals surface area contributed by atoms with E-state index in [1.165, 1.54) is 0 Å². The molecule has 1 heterocycles. The zero-order valence-corrected chi connectivity index (χ0v) is 9.79. The van der Waals surface area contributed by atoms with Crippen LogP contribution in [0.1, 0.15) is 18.5 Å². The Labute approximate surface area is 103 Å². The van der Waals surface area contributed by atoms with Gasteiger partial charge in [-0.15, -0.1) is 0 Å². The molecule has 18 heavy (non-hydrogen) atoms. The number of alkyl halides is 3. The lowest BCUT2D eigenvalue weighted by Crippen LogP contribution is -2.39. The zero-order chi connectivity index (χ0) is 13.6. The fraction of sp³-hybridized carbons (Fsp3) is 0.455. The van der Waals surface area contributed by atoms with Gasteiger partial charge in [-0.05, 0) is 18.6 Å². The SMILES string of the molecule is C[C@H](NC(=O)CNCC(F)(F)F)c1cccnc1. The molecule has 1 atom stereocenters. The summed E-state index contributed by atoms with van der Waals surface area (Å²) in [5, 5.41) is 4.60. The molecule has 0 aliphatic carbocycles. The average Bonchev–Trinajstić information content (AvgIpc) is 2.28. The van der Waals surface area contributed by atoms with Crippen LogP contribution in [-0.2, 0) is 4.79 Å². The van der Waals surface area contributed by atoms with E-state index in [1.807, 2.05) is 5.32 Å². The average molecular weight is 261 g/mol. The predicted octanol–water partition coefficient (Wildman–Crippen LogP) is 1.41. The highest BCUT2D eigenvalue weighted by Crippen LogP contribution is 2.12. The van der Waals surface area contributed by atoms with E-state index in [1.54, 1.807) is 31.5 Å². The second kappa shape index (κ2) is 6.34. The molecule has 4 nitrogen and oxygen atoms in total. The number of nitrogens with one attached hydrogen (secondary N) is 2. The predicted molar refractivity (Wildman–Crippen MR) is 59.7 cm³/mol. The van der Waals surface area contributed by atoms with Crippen molar-refractivity contribution in [3.8, 4) is 0 Å². The van der Waals surface area contributed by atoms with Gasteiger partial charge in [-0.25, -0.2) is 0 Å². The summed E-state index contributed by atoms with van der Waals surface area (Å²) < 4.78 is 35.5. The summed E-state index contributed by atoms with van der Waals surface area (Å²) in [6.45, 7) is 0.185. The molecule has 1 amide bonds. The van der Waals surface area contributed by atoms with Crippen molar-refractivity contribution in [1.29, 1.82) is 0 Å². The first-order valence-corrected chi connectivity index (χ1v) is 5.35. The molecule has 2 N–H and O–H groups in total. The van der Waals surface area contributed by atoms with Crippen molar-refractivity contribution in [2.45, 2.75) is 19.1 Å². The minimum Gasteiger partial charge on any atom is -0.348 e. The maximum Gasteiger partial charge on any atom is 0.401 e. The van der Waals surface area contributed by atoms with E-state index in [0.29, 0.717) is 0 Å². The molecule has 1 aromatic rings. The molecule has 0 saturated heterocycles. The van der Waals surface area contributed by atoms with Crippen molar-refractivity contribution in [2.75, 3.05) is 13.1 Å². The highest BCUT2D eigenvalue weighted by Gasteiger charge is 2.26. The molecule has 0 fully saturated rings. The number of amides is 1. The van der Waals surface area contributed by atoms with Crippen LogP contribution < -0.4 is 10.6 Å². The van der Waals surface area contributed by atoms with E-state index in [9.17, 15) is 18.0 Å². The Morgan fingerprint density at radius 1 is 1.50 bits per heavy atom. The lowest BCUT2D eigenvalue weighted by molar-refractivity contribution is -0.128. The highest BCUT2D eigenvalue weighted by molar-refractivity contribution is 5.78. The number of carbonyl (C=O) groups is 1. The Hall–Kier alpha value is -1.63. The van der Waals surface area contributed by atoms with Gasteiger partial charge in [-0.1, -0.05) is 6.07 Å². The molecule has 0 radical (unpaired) electrons. The van der Waals surface area contributed by atoms with Crippen LogP contribution in [0.5, 0.6) is 0 Å². The highest BCUT2D eigenvalue weighted by atomic mass is 19.4. The number of pyridine rings is 1. The van der Waals surface area contributed by atoms with Crippen molar-refractivity contribution in [2.24, 2.45) is 0 Å². The number of nitrogens with zero attached hydrogens (tertiary/aromatic N) is 1. The Kier molecular flexibility index (Phi) is 5.08. The van der Waals surface area contributed by atoms with E-state index in [4.69, 9.17) is 0 Å². The van der Waals surface area contributed by atoms with Gasteiger partial charge < -0.3 is 10.6 Å². The summed E-state index contributed by atoms with van der Waals surface area (Å²) in [5.74, 6) is -0.490. The Balaban J connectivity index is 2.32. The number of halogens is 3. The molecule has 0 saturated carbocycles. The summed E-state index contributed by atoms with van der Waals surface area (Å²) in [6, 6.07) is 3.21. The van der Waals surface area contributed by atoms with Crippen LogP contribution in [0.25, 0.3) is 0 Å². The van der Waals surface area contributed by atoms with Gasteiger partial charge in [0.2, 0.25) is 5.91 Å². The van der Waals surface area contributed by atoms with Crippen molar-refractivity contribution >= 4 is 5.91 Å². The molecule has 1 aromatic heterocycles. The summed E-state index contributed by atoms with van der Waals surface area (Å²) in [7, 11) is 0. The van der Waals surface area contributed by atoms with Gasteiger partial charge >= 0.3 is 6.18 Å². The fourth-order valence-electron chi connectivity index (χ4n) is 1.33. The molecule has 0 unspecified atom stereocenters. The second-order valence-corrected chi connectivity index (χ2v) is 3.79. The van der Waals surface area contributed by atoms with Crippen molar-refractivity contribution in [3.05, 3.63) is 30.1 Å². The summed E-state index contributed by atoms with van der Waals surface area (Å²) in [4.78, 5) is 15.2. The maximum atomic E-state index is 11.8. The Morgan fingerprint density at radius 3 is 2.78 bits per heavy atom. The standard InChI is InChI=1S/C11H14F3N3O/c1-8(9-3-2-4-15-5-9)17-10(18)6-16-7-11(12,13)14/h2-5,8,16H,6-7H2,1H3,(H,17,18)/t8-/m0/s1. The van der Waals surface area contributed by atoms with E-state index in [0.717, 1.165) is 5.56 Å². The molecule has 7 heteroatoms. The van der Waals surface area contributed by atoms with Crippen molar-refractivity contribution in [1.82, 2.24) is 15.6 Å². The minimum atomic E-state index is -4.31. The van der Waals surface area contributed by atoms with Crippen LogP contribution in [0.4, 0.5) is 13.2 Å². The van der Waals surface area contributed by atoms with Crippen LogP contribution >= 0.6 is 0 Å². The van der Waals surface area contributed by atoms with Crippen LogP contribution in [0.2, 0.25) is 0 Å². The van der Waals surface area contributed by atoms with Crippen molar-refractivity contribution in [3.63, 3.8) is 0 Å². The van der Waals surface area contributed by atoms with Gasteiger partial charge in [0.15, 0.2) is 0 Å². The van der Waals surface area contributed by atoms with E-state index in [2.05, 4.69) is 10.3 Å². The van der Waals surface area contributed by atoms with Crippen LogP contribution in [0.3, 0.4) is 0 Å². The molecule has 100 valence electrons. The van der Waals surface area contributed by atoms with E-state index in [-0.39, 0.29) is 12.6 Å². The Morgan fingerprint density at radius 2 is 2.22 bits per heavy atom. The van der Waals surface area contributed by atoms with Crippen LogP contribution in [0.15, 0.2) is 24.5 Å². The van der Waals surface area contributed by atoms with Crippen LogP contribution in [-0.4, -0.2) is 30.2 Å². The third-order valence-corrected chi connectivity index (χ3v) is 2.17. The maximum absolute atomic E-state index is 11.8. The van der Waals surface area contributed by atoms with Gasteiger partial charge in [-0.2, -0.15) is 13.2 Å². The van der Waals surface area contributed by atoms with Gasteiger partial charge in [0.1, 0.15) is 0 Å². The molecule has 1 rings (SSSR count). The normalized spacial score (nSPS) is 13.1. The lowest BCUT2D eigenvalue weighted by atomic mass is 10.1. The first-order chi connectivity index (χ1) is 8.38. The molecule has 0 aromatic carbocycles. The zero-order valence-electron chi connectivity index (χ0n) is 9.79. The third kappa shape index (κ3) is 5.62. The summed E-state index contributed by atoms with van der Waals surface area (Å²) in [6.07, 6.45) is -1.12. The quantitative estimate of drug-likeness (QED) is 0.842. The lowest BCUT2D eigenvalue weighted by Gasteiger charge is -2.14. The molecule has 0 bridgehead atoms. The Bertz CT molecular complexity index is 381. The first-order valence-electron chi connectivity index (χ1n) is 5.35. The van der Waals surface area contributed by atoms with Crippen LogP contribution in [0, 0.1) is 0 Å².